The van der Waals surface area contributed by atoms with Gasteiger partial charge in [-0.1, -0.05) is 11.3 Å². The summed E-state index contributed by atoms with van der Waals surface area (Å²) >= 11 is 1.51. The fraction of sp³-hybridized carbons (Fsp3) is 0.261. The van der Waals surface area contributed by atoms with Crippen molar-refractivity contribution >= 4 is 38.5 Å². The summed E-state index contributed by atoms with van der Waals surface area (Å²) in [7, 11) is 0. The Hall–Kier alpha value is -3.46. The van der Waals surface area contributed by atoms with Crippen molar-refractivity contribution in [3.05, 3.63) is 60.0 Å². The Bertz CT molecular complexity index is 1310. The van der Waals surface area contributed by atoms with Crippen LogP contribution in [0.25, 0.3) is 26.4 Å². The summed E-state index contributed by atoms with van der Waals surface area (Å²) in [4.78, 5) is 33.7. The fourth-order valence-corrected chi connectivity index (χ4v) is 4.93. The maximum Gasteiger partial charge on any atom is 0.409 e. The molecule has 1 aliphatic heterocycles. The Labute approximate surface area is 187 Å². The van der Waals surface area contributed by atoms with E-state index in [1.165, 1.54) is 23.5 Å². The number of benzene rings is 2. The number of amides is 2. The Kier molecular flexibility index (Phi) is 5.26. The van der Waals surface area contributed by atoms with Gasteiger partial charge in [0.1, 0.15) is 5.82 Å². The zero-order valence-electron chi connectivity index (χ0n) is 17.5. The van der Waals surface area contributed by atoms with Crippen LogP contribution in [0.2, 0.25) is 0 Å². The normalized spacial score (nSPS) is 14.3. The molecule has 0 spiro atoms. The van der Waals surface area contributed by atoms with Gasteiger partial charge in [-0.2, -0.15) is 0 Å². The monoisotopic (exact) mass is 452 g/mol. The summed E-state index contributed by atoms with van der Waals surface area (Å²) in [5.74, 6) is -0.326. The van der Waals surface area contributed by atoms with Gasteiger partial charge >= 0.3 is 6.09 Å². The number of aromatic nitrogens is 2. The number of carbonyl (C=O) groups is 2. The minimum Gasteiger partial charge on any atom is -0.450 e. The number of rotatable bonds is 3. The molecule has 3 heterocycles. The Morgan fingerprint density at radius 3 is 2.50 bits per heavy atom. The summed E-state index contributed by atoms with van der Waals surface area (Å²) < 4.78 is 21.2. The molecule has 2 amide bonds. The highest BCUT2D eigenvalue weighted by Gasteiger charge is 2.26. The second-order valence-electron chi connectivity index (χ2n) is 7.55. The number of piperazine rings is 1. The number of fused-ring (bicyclic) bond motifs is 3. The summed E-state index contributed by atoms with van der Waals surface area (Å²) in [6.07, 6.45) is 1.60. The third kappa shape index (κ3) is 3.69. The van der Waals surface area contributed by atoms with E-state index < -0.39 is 0 Å². The zero-order valence-corrected chi connectivity index (χ0v) is 18.3. The van der Waals surface area contributed by atoms with Gasteiger partial charge in [-0.15, -0.1) is 0 Å². The molecular weight excluding hydrogens is 431 g/mol. The van der Waals surface area contributed by atoms with Crippen LogP contribution in [-0.2, 0) is 4.74 Å². The maximum atomic E-state index is 13.2. The highest BCUT2D eigenvalue weighted by atomic mass is 32.1. The van der Waals surface area contributed by atoms with E-state index in [1.54, 1.807) is 28.9 Å². The molecule has 1 saturated heterocycles. The van der Waals surface area contributed by atoms with Gasteiger partial charge in [0, 0.05) is 43.5 Å². The van der Waals surface area contributed by atoms with Crippen molar-refractivity contribution in [2.45, 2.75) is 6.92 Å². The van der Waals surface area contributed by atoms with Gasteiger partial charge in [-0.3, -0.25) is 9.20 Å². The quantitative estimate of drug-likeness (QED) is 0.466. The van der Waals surface area contributed by atoms with Gasteiger partial charge in [0.05, 0.1) is 22.5 Å². The standard InChI is InChI=1S/C23H21FN4O3S/c1-2-31-23(30)27-11-9-26(10-12-27)21(29)16-5-8-19-20(13-16)32-22-25-18(14-28(19)22)15-3-6-17(24)7-4-15/h3-8,13-14H,2,9-12H2,1H3. The number of ether oxygens (including phenoxy) is 1. The number of thiazole rings is 1. The lowest BCUT2D eigenvalue weighted by molar-refractivity contribution is 0.0570. The predicted molar refractivity (Wildman–Crippen MR) is 120 cm³/mol. The van der Waals surface area contributed by atoms with Crippen molar-refractivity contribution in [2.75, 3.05) is 32.8 Å². The number of hydrogen-bond donors (Lipinski definition) is 0. The first-order valence-electron chi connectivity index (χ1n) is 10.4. The van der Waals surface area contributed by atoms with Crippen molar-refractivity contribution in [1.82, 2.24) is 19.2 Å². The average Bonchev–Trinajstić information content (AvgIpc) is 3.37. The van der Waals surface area contributed by atoms with Gasteiger partial charge in [0.25, 0.3) is 5.91 Å². The van der Waals surface area contributed by atoms with E-state index in [-0.39, 0.29) is 17.8 Å². The van der Waals surface area contributed by atoms with Crippen molar-refractivity contribution in [1.29, 1.82) is 0 Å². The molecule has 2 aromatic carbocycles. The molecule has 0 aliphatic carbocycles. The molecule has 0 N–H and O–H groups in total. The molecule has 164 valence electrons. The number of imidazole rings is 1. The topological polar surface area (TPSA) is 67.2 Å². The average molecular weight is 453 g/mol. The number of nitrogens with zero attached hydrogens (tertiary/aromatic N) is 4. The van der Waals surface area contributed by atoms with Crippen molar-refractivity contribution in [2.24, 2.45) is 0 Å². The third-order valence-electron chi connectivity index (χ3n) is 5.57. The van der Waals surface area contributed by atoms with E-state index in [2.05, 4.69) is 4.98 Å². The number of halogens is 1. The van der Waals surface area contributed by atoms with Crippen LogP contribution in [0.4, 0.5) is 9.18 Å². The lowest BCUT2D eigenvalue weighted by atomic mass is 10.1. The first-order chi connectivity index (χ1) is 15.5. The molecule has 2 aromatic heterocycles. The van der Waals surface area contributed by atoms with E-state index >= 15 is 0 Å². The molecule has 9 heteroatoms. The lowest BCUT2D eigenvalue weighted by Gasteiger charge is -2.34. The van der Waals surface area contributed by atoms with Crippen LogP contribution in [0, 0.1) is 5.82 Å². The molecule has 0 bridgehead atoms. The molecule has 5 rings (SSSR count). The first kappa shape index (κ1) is 20.4. The van der Waals surface area contributed by atoms with Crippen LogP contribution >= 0.6 is 11.3 Å². The van der Waals surface area contributed by atoms with Gasteiger partial charge in [-0.25, -0.2) is 14.2 Å². The third-order valence-corrected chi connectivity index (χ3v) is 6.59. The van der Waals surface area contributed by atoms with Gasteiger partial charge in [0.2, 0.25) is 0 Å². The van der Waals surface area contributed by atoms with E-state index in [9.17, 15) is 14.0 Å². The minimum absolute atomic E-state index is 0.0477. The minimum atomic E-state index is -0.331. The highest BCUT2D eigenvalue weighted by Crippen LogP contribution is 2.30. The molecule has 7 nitrogen and oxygen atoms in total. The summed E-state index contributed by atoms with van der Waals surface area (Å²) in [6.45, 7) is 4.00. The van der Waals surface area contributed by atoms with Crippen molar-refractivity contribution in [3.63, 3.8) is 0 Å². The lowest BCUT2D eigenvalue weighted by Crippen LogP contribution is -2.50. The van der Waals surface area contributed by atoms with Crippen molar-refractivity contribution < 1.29 is 18.7 Å². The second kappa shape index (κ2) is 8.23. The molecule has 1 aliphatic rings. The maximum absolute atomic E-state index is 13.2. The first-order valence-corrected chi connectivity index (χ1v) is 11.2. The van der Waals surface area contributed by atoms with Crippen LogP contribution < -0.4 is 0 Å². The van der Waals surface area contributed by atoms with Crippen LogP contribution in [0.15, 0.2) is 48.7 Å². The summed E-state index contributed by atoms with van der Waals surface area (Å²) in [6, 6.07) is 11.9. The van der Waals surface area contributed by atoms with Gasteiger partial charge < -0.3 is 14.5 Å². The summed E-state index contributed by atoms with van der Waals surface area (Å²) in [5, 5.41) is 0. The Balaban J connectivity index is 1.35. The van der Waals surface area contributed by atoms with Gasteiger partial charge in [0.15, 0.2) is 4.96 Å². The number of hydrogen-bond acceptors (Lipinski definition) is 5. The smallest absolute Gasteiger partial charge is 0.409 e. The second-order valence-corrected chi connectivity index (χ2v) is 8.56. The van der Waals surface area contributed by atoms with E-state index in [0.29, 0.717) is 38.3 Å². The molecule has 0 saturated carbocycles. The highest BCUT2D eigenvalue weighted by molar-refractivity contribution is 7.23. The molecule has 4 aromatic rings. The number of carbonyl (C=O) groups excluding carboxylic acids is 2. The van der Waals surface area contributed by atoms with Crippen LogP contribution in [-0.4, -0.2) is 64.0 Å². The van der Waals surface area contributed by atoms with Crippen molar-refractivity contribution in [3.8, 4) is 11.3 Å². The Morgan fingerprint density at radius 1 is 1.06 bits per heavy atom. The molecule has 0 atom stereocenters. The van der Waals surface area contributed by atoms with E-state index in [4.69, 9.17) is 4.74 Å². The predicted octanol–water partition coefficient (Wildman–Crippen LogP) is 4.27. The molecule has 0 unspecified atom stereocenters. The SMILES string of the molecule is CCOC(=O)N1CCN(C(=O)c2ccc3c(c2)sc2nc(-c4ccc(F)cc4)cn23)CC1. The fourth-order valence-electron chi connectivity index (χ4n) is 3.88. The van der Waals surface area contributed by atoms with Crippen LogP contribution in [0.5, 0.6) is 0 Å². The zero-order chi connectivity index (χ0) is 22.2. The molecule has 1 fully saturated rings. The van der Waals surface area contributed by atoms with Crippen LogP contribution in [0.3, 0.4) is 0 Å². The molecular formula is C23H21FN4O3S. The van der Waals surface area contributed by atoms with Gasteiger partial charge in [-0.05, 0) is 49.4 Å². The Morgan fingerprint density at radius 2 is 1.78 bits per heavy atom. The largest absolute Gasteiger partial charge is 0.450 e. The van der Waals surface area contributed by atoms with E-state index in [0.717, 1.165) is 26.4 Å². The van der Waals surface area contributed by atoms with Crippen LogP contribution in [0.1, 0.15) is 17.3 Å². The molecule has 32 heavy (non-hydrogen) atoms. The van der Waals surface area contributed by atoms with E-state index in [1.807, 2.05) is 28.8 Å². The summed E-state index contributed by atoms with van der Waals surface area (Å²) in [5.41, 5.74) is 3.21. The molecule has 0 radical (unpaired) electrons.